The van der Waals surface area contributed by atoms with E-state index < -0.39 is 58.5 Å². The van der Waals surface area contributed by atoms with Gasteiger partial charge in [0, 0.05) is 11.1 Å². The molecule has 0 aliphatic rings. The van der Waals surface area contributed by atoms with Crippen LogP contribution in [0.25, 0.3) is 0 Å². The summed E-state index contributed by atoms with van der Waals surface area (Å²) in [6, 6.07) is 2.25. The molecule has 226 valence electrons. The first-order valence-corrected chi connectivity index (χ1v) is 10.7. The van der Waals surface area contributed by atoms with E-state index in [4.69, 9.17) is 0 Å². The number of rotatable bonds is 9. The van der Waals surface area contributed by atoms with Gasteiger partial charge in [-0.1, -0.05) is 34.4 Å². The lowest BCUT2D eigenvalue weighted by Gasteiger charge is -2.43. The Morgan fingerprint density at radius 3 is 0.675 bits per heavy atom. The maximum Gasteiger partial charge on any atom is 0.385 e. The molecule has 0 bridgehead atoms. The van der Waals surface area contributed by atoms with Crippen LogP contribution < -0.4 is 0 Å². The van der Waals surface area contributed by atoms with E-state index in [0.717, 1.165) is 39.8 Å². The molecule has 0 spiro atoms. The van der Waals surface area contributed by atoms with Crippen LogP contribution in [-0.4, -0.2) is 35.5 Å². The van der Waals surface area contributed by atoms with Gasteiger partial charge in [0.2, 0.25) is 0 Å². The van der Waals surface area contributed by atoms with Gasteiger partial charge in [-0.3, -0.25) is 0 Å². The zero-order valence-electron chi connectivity index (χ0n) is 20.5. The zero-order valence-corrected chi connectivity index (χ0v) is 20.5. The zero-order chi connectivity index (χ0) is 31.7. The summed E-state index contributed by atoms with van der Waals surface area (Å²) in [5.74, 6) is -61.7. The summed E-state index contributed by atoms with van der Waals surface area (Å²) in [5, 5.41) is 0. The average Bonchev–Trinajstić information content (AvgIpc) is 2.76. The first kappa shape index (κ1) is 33.5. The summed E-state index contributed by atoms with van der Waals surface area (Å²) in [6.45, 7) is 3.79. The molecule has 16 heteroatoms. The molecule has 0 atom stereocenters. The first-order valence-electron chi connectivity index (χ1n) is 10.7. The summed E-state index contributed by atoms with van der Waals surface area (Å²) in [5.41, 5.74) is -5.66. The third-order valence-corrected chi connectivity index (χ3v) is 5.93. The third-order valence-electron chi connectivity index (χ3n) is 5.93. The molecule has 0 N–H and O–H groups in total. The molecule has 2 aromatic rings. The topological polar surface area (TPSA) is 0 Å². The van der Waals surface area contributed by atoms with Gasteiger partial charge in [-0.25, -0.2) is 0 Å². The van der Waals surface area contributed by atoms with Crippen LogP contribution in [0.5, 0.6) is 0 Å². The van der Waals surface area contributed by atoms with E-state index in [1.54, 1.807) is 0 Å². The van der Waals surface area contributed by atoms with Crippen LogP contribution in [0.3, 0.4) is 0 Å². The summed E-state index contributed by atoms with van der Waals surface area (Å²) >= 11 is 0. The van der Waals surface area contributed by atoms with Gasteiger partial charge in [0.25, 0.3) is 0 Å². The van der Waals surface area contributed by atoms with Gasteiger partial charge in [-0.05, 0) is 52.0 Å². The standard InChI is InChI=1S/C24H18F16/c1-11-5-12(2)8-15(7-11)17(25,26)19(29,30)21(33,34)23(37,38)24(39,40)22(35,36)20(31,32)18(27,28)16-9-13(3)6-14(4)10-16/h5-10H,1-4H3. The molecule has 0 aliphatic heterocycles. The predicted molar refractivity (Wildman–Crippen MR) is 109 cm³/mol. The quantitative estimate of drug-likeness (QED) is 0.248. The highest BCUT2D eigenvalue weighted by Crippen LogP contribution is 2.65. The van der Waals surface area contributed by atoms with Crippen molar-refractivity contribution in [3.63, 3.8) is 0 Å². The number of aryl methyl sites for hydroxylation is 4. The van der Waals surface area contributed by atoms with Crippen molar-refractivity contribution in [2.45, 2.75) is 75.1 Å². The summed E-state index contributed by atoms with van der Waals surface area (Å²) in [6.07, 6.45) is 0. The SMILES string of the molecule is Cc1cc(C)cc(C(F)(F)C(F)(F)C(F)(F)C(F)(F)C(F)(F)C(F)(F)C(F)(F)C(F)(F)c2cc(C)cc(C)c2)c1. The van der Waals surface area contributed by atoms with E-state index in [2.05, 4.69) is 0 Å². The van der Waals surface area contributed by atoms with E-state index in [9.17, 15) is 70.2 Å². The van der Waals surface area contributed by atoms with Crippen LogP contribution in [0, 0.1) is 27.7 Å². The van der Waals surface area contributed by atoms with Gasteiger partial charge in [0.15, 0.2) is 0 Å². The lowest BCUT2D eigenvalue weighted by molar-refractivity contribution is -0.456. The second kappa shape index (κ2) is 9.43. The highest BCUT2D eigenvalue weighted by atomic mass is 19.4. The molecule has 0 aromatic heterocycles. The number of benzene rings is 2. The fourth-order valence-corrected chi connectivity index (χ4v) is 3.86. The summed E-state index contributed by atoms with van der Waals surface area (Å²) in [7, 11) is 0. The number of alkyl halides is 16. The van der Waals surface area contributed by atoms with Crippen molar-refractivity contribution >= 4 is 0 Å². The Morgan fingerprint density at radius 2 is 0.475 bits per heavy atom. The fourth-order valence-electron chi connectivity index (χ4n) is 3.86. The van der Waals surface area contributed by atoms with Crippen molar-refractivity contribution in [3.8, 4) is 0 Å². The molecule has 0 unspecified atom stereocenters. The Bertz CT molecular complexity index is 1120. The number of halogens is 16. The smallest absolute Gasteiger partial charge is 0.194 e. The molecular formula is C24H18F16. The molecule has 0 saturated carbocycles. The van der Waals surface area contributed by atoms with E-state index >= 15 is 0 Å². The van der Waals surface area contributed by atoms with Gasteiger partial charge in [-0.15, -0.1) is 0 Å². The van der Waals surface area contributed by atoms with Crippen molar-refractivity contribution in [2.24, 2.45) is 0 Å². The highest BCUT2D eigenvalue weighted by molar-refractivity contribution is 5.35. The van der Waals surface area contributed by atoms with Gasteiger partial charge in [0.05, 0.1) is 0 Å². The molecule has 0 heterocycles. The number of hydrogen-bond acceptors (Lipinski definition) is 0. The molecule has 0 saturated heterocycles. The van der Waals surface area contributed by atoms with Crippen LogP contribution in [0.1, 0.15) is 33.4 Å². The van der Waals surface area contributed by atoms with Crippen molar-refractivity contribution in [3.05, 3.63) is 69.8 Å². The van der Waals surface area contributed by atoms with Crippen LogP contribution in [0.2, 0.25) is 0 Å². The second-order valence-corrected chi connectivity index (χ2v) is 9.35. The molecule has 2 aromatic carbocycles. The van der Waals surface area contributed by atoms with E-state index in [1.165, 1.54) is 0 Å². The lowest BCUT2D eigenvalue weighted by atomic mass is 9.84. The largest absolute Gasteiger partial charge is 0.385 e. The highest BCUT2D eigenvalue weighted by Gasteiger charge is 2.95. The molecular weight excluding hydrogens is 592 g/mol. The monoisotopic (exact) mass is 610 g/mol. The van der Waals surface area contributed by atoms with Crippen LogP contribution in [0.15, 0.2) is 36.4 Å². The molecule has 40 heavy (non-hydrogen) atoms. The molecule has 0 fully saturated rings. The Kier molecular flexibility index (Phi) is 7.90. The molecule has 0 nitrogen and oxygen atoms in total. The minimum absolute atomic E-state index is 0.0560. The van der Waals surface area contributed by atoms with Crippen LogP contribution in [0.4, 0.5) is 70.2 Å². The minimum Gasteiger partial charge on any atom is -0.194 e. The molecule has 0 radical (unpaired) electrons. The van der Waals surface area contributed by atoms with Crippen molar-refractivity contribution in [1.82, 2.24) is 0 Å². The minimum atomic E-state index is -8.46. The van der Waals surface area contributed by atoms with E-state index in [1.807, 2.05) is 0 Å². The maximum absolute atomic E-state index is 14.5. The first-order chi connectivity index (χ1) is 17.5. The Hall–Kier alpha value is -2.68. The summed E-state index contributed by atoms with van der Waals surface area (Å²) in [4.78, 5) is 0. The van der Waals surface area contributed by atoms with Crippen molar-refractivity contribution < 1.29 is 70.2 Å². The van der Waals surface area contributed by atoms with E-state index in [0.29, 0.717) is 0 Å². The third kappa shape index (κ3) is 4.48. The maximum atomic E-state index is 14.5. The van der Waals surface area contributed by atoms with Gasteiger partial charge in [-0.2, -0.15) is 70.2 Å². The molecule has 0 amide bonds. The number of hydrogen-bond donors (Lipinski definition) is 0. The Morgan fingerprint density at radius 1 is 0.300 bits per heavy atom. The van der Waals surface area contributed by atoms with Gasteiger partial charge >= 0.3 is 47.4 Å². The van der Waals surface area contributed by atoms with Gasteiger partial charge < -0.3 is 0 Å². The Labute approximate surface area is 216 Å². The normalized spacial score (nSPS) is 15.0. The summed E-state index contributed by atoms with van der Waals surface area (Å²) < 4.78 is 229. The Balaban J connectivity index is 2.72. The average molecular weight is 610 g/mol. The lowest BCUT2D eigenvalue weighted by Crippen LogP contribution is -2.74. The van der Waals surface area contributed by atoms with Crippen molar-refractivity contribution in [1.29, 1.82) is 0 Å². The molecule has 0 aliphatic carbocycles. The van der Waals surface area contributed by atoms with Gasteiger partial charge in [0.1, 0.15) is 0 Å². The predicted octanol–water partition coefficient (Wildman–Crippen LogP) is 9.62. The van der Waals surface area contributed by atoms with Crippen molar-refractivity contribution in [2.75, 3.05) is 0 Å². The fraction of sp³-hybridized carbons (Fsp3) is 0.500. The van der Waals surface area contributed by atoms with Crippen LogP contribution >= 0.6 is 0 Å². The molecule has 2 rings (SSSR count). The van der Waals surface area contributed by atoms with E-state index in [-0.39, 0.29) is 46.5 Å². The van der Waals surface area contributed by atoms with Crippen LogP contribution in [-0.2, 0) is 11.8 Å². The second-order valence-electron chi connectivity index (χ2n) is 9.35.